The van der Waals surface area contributed by atoms with Crippen molar-refractivity contribution in [3.63, 3.8) is 0 Å². The number of benzene rings is 11. The van der Waals surface area contributed by atoms with Crippen LogP contribution in [0.3, 0.4) is 0 Å². The Kier molecular flexibility index (Phi) is 7.97. The maximum atomic E-state index is 6.56. The third-order valence-electron chi connectivity index (χ3n) is 14.1. The Labute approximate surface area is 394 Å². The van der Waals surface area contributed by atoms with E-state index in [0.29, 0.717) is 17.6 Å². The Morgan fingerprint density at radius 1 is 0.290 bits per heavy atom. The molecule has 0 aliphatic rings. The van der Waals surface area contributed by atoms with Crippen LogP contribution in [0.4, 0.5) is 0 Å². The lowest BCUT2D eigenvalue weighted by Gasteiger charge is -2.14. The fraction of sp³-hybridized carbons (Fsp3) is 0. The molecule has 0 unspecified atom stereocenters. The van der Waals surface area contributed by atoms with Crippen molar-refractivity contribution in [2.24, 2.45) is 0 Å². The first kappa shape index (κ1) is 37.8. The standard InChI is InChI=1S/C63H37N5O/c1-2-16-38(17-3-1)61-64-62(51-28-15-27-50-49-26-10-13-31-59(49)69-60(50)51)66-63(65-61)68-56-30-12-9-25-48(56)54-36-53-47-24-8-11-29-55(47)67(57(53)37-58(54)68)41-19-14-18-39(34-41)40-32-33-46-44-22-5-4-20-42(44)43-21-6-7-23-45(43)52(46)35-40/h1-37H. The minimum Gasteiger partial charge on any atom is -0.455 e. The summed E-state index contributed by atoms with van der Waals surface area (Å²) in [5.41, 5.74) is 10.9. The number of fused-ring (bicyclic) bond motifs is 15. The van der Waals surface area contributed by atoms with Crippen LogP contribution in [0.2, 0.25) is 0 Å². The molecule has 0 aliphatic carbocycles. The lowest BCUT2D eigenvalue weighted by atomic mass is 9.92. The summed E-state index contributed by atoms with van der Waals surface area (Å²) in [6.07, 6.45) is 0. The maximum absolute atomic E-state index is 6.56. The highest BCUT2D eigenvalue weighted by atomic mass is 16.3. The van der Waals surface area contributed by atoms with E-state index in [0.717, 1.165) is 77.2 Å². The molecule has 69 heavy (non-hydrogen) atoms. The van der Waals surface area contributed by atoms with E-state index < -0.39 is 0 Å². The van der Waals surface area contributed by atoms with Crippen molar-refractivity contribution in [1.29, 1.82) is 0 Å². The van der Waals surface area contributed by atoms with E-state index in [9.17, 15) is 0 Å². The molecule has 15 rings (SSSR count). The van der Waals surface area contributed by atoms with Gasteiger partial charge in [0.25, 0.3) is 0 Å². The second-order valence-electron chi connectivity index (χ2n) is 17.9. The first-order valence-corrected chi connectivity index (χ1v) is 23.3. The number of hydrogen-bond donors (Lipinski definition) is 0. The van der Waals surface area contributed by atoms with Gasteiger partial charge in [-0.1, -0.05) is 170 Å². The molecule has 0 saturated carbocycles. The number of nitrogens with zero attached hydrogens (tertiary/aromatic N) is 5. The smallest absolute Gasteiger partial charge is 0.238 e. The lowest BCUT2D eigenvalue weighted by Crippen LogP contribution is -2.06. The SMILES string of the molecule is c1ccc(-c2nc(-c3cccc4c3oc3ccccc34)nc(-n3c4ccccc4c4cc5c6ccccc6n(-c6cccc(-c7ccc8c9ccccc9c9ccccc9c8c7)c6)c5cc43)n2)cc1. The van der Waals surface area contributed by atoms with E-state index in [1.807, 2.05) is 42.5 Å². The molecule has 0 N–H and O–H groups in total. The Balaban J connectivity index is 0.966. The molecule has 0 radical (unpaired) electrons. The minimum absolute atomic E-state index is 0.527. The second kappa shape index (κ2) is 14.6. The van der Waals surface area contributed by atoms with E-state index in [2.05, 4.69) is 191 Å². The summed E-state index contributed by atoms with van der Waals surface area (Å²) < 4.78 is 11.2. The zero-order valence-corrected chi connectivity index (χ0v) is 37.0. The Morgan fingerprint density at radius 2 is 0.826 bits per heavy atom. The molecular weight excluding hydrogens is 843 g/mol. The van der Waals surface area contributed by atoms with Crippen LogP contribution in [0.15, 0.2) is 229 Å². The summed E-state index contributed by atoms with van der Waals surface area (Å²) >= 11 is 0. The Hall–Kier alpha value is -9.39. The molecule has 15 aromatic rings. The van der Waals surface area contributed by atoms with E-state index in [-0.39, 0.29) is 0 Å². The predicted molar refractivity (Wildman–Crippen MR) is 285 cm³/mol. The van der Waals surface area contributed by atoms with Crippen molar-refractivity contribution in [2.45, 2.75) is 0 Å². The van der Waals surface area contributed by atoms with Crippen LogP contribution in [0, 0.1) is 0 Å². The van der Waals surface area contributed by atoms with Crippen molar-refractivity contribution in [2.75, 3.05) is 0 Å². The first-order valence-electron chi connectivity index (χ1n) is 23.3. The number of rotatable bonds is 5. The molecule has 6 heteroatoms. The van der Waals surface area contributed by atoms with Crippen molar-refractivity contribution in [1.82, 2.24) is 24.1 Å². The molecule has 11 aromatic carbocycles. The molecule has 4 aromatic heterocycles. The number of aromatic nitrogens is 5. The van der Waals surface area contributed by atoms with Gasteiger partial charge in [-0.3, -0.25) is 4.57 Å². The average Bonchev–Trinajstić information content (AvgIpc) is 4.08. The molecule has 320 valence electrons. The minimum atomic E-state index is 0.527. The first-order chi connectivity index (χ1) is 34.2. The van der Waals surface area contributed by atoms with Crippen LogP contribution in [0.1, 0.15) is 0 Å². The van der Waals surface area contributed by atoms with E-state index in [1.54, 1.807) is 0 Å². The van der Waals surface area contributed by atoms with Crippen molar-refractivity contribution in [3.8, 4) is 45.5 Å². The quantitative estimate of drug-likeness (QED) is 0.162. The van der Waals surface area contributed by atoms with Crippen LogP contribution in [-0.4, -0.2) is 24.1 Å². The summed E-state index contributed by atoms with van der Waals surface area (Å²) in [4.78, 5) is 15.9. The summed E-state index contributed by atoms with van der Waals surface area (Å²) in [6, 6.07) is 80.0. The maximum Gasteiger partial charge on any atom is 0.238 e. The highest BCUT2D eigenvalue weighted by molar-refractivity contribution is 6.26. The fourth-order valence-electron chi connectivity index (χ4n) is 11.1. The molecule has 4 heterocycles. The highest BCUT2D eigenvalue weighted by Crippen LogP contribution is 2.42. The molecule has 0 fully saturated rings. The van der Waals surface area contributed by atoms with Crippen LogP contribution in [0.25, 0.3) is 143 Å². The number of para-hydroxylation sites is 4. The van der Waals surface area contributed by atoms with Gasteiger partial charge in [0.1, 0.15) is 11.2 Å². The third-order valence-corrected chi connectivity index (χ3v) is 14.1. The summed E-state index contributed by atoms with van der Waals surface area (Å²) in [5, 5.41) is 14.3. The van der Waals surface area contributed by atoms with Gasteiger partial charge in [-0.25, -0.2) is 4.98 Å². The summed E-state index contributed by atoms with van der Waals surface area (Å²) in [7, 11) is 0. The zero-order valence-electron chi connectivity index (χ0n) is 37.0. The van der Waals surface area contributed by atoms with E-state index in [1.165, 1.54) is 48.7 Å². The molecular formula is C63H37N5O. The molecule has 0 bridgehead atoms. The molecule has 0 aliphatic heterocycles. The molecule has 0 atom stereocenters. The molecule has 0 saturated heterocycles. The monoisotopic (exact) mass is 879 g/mol. The predicted octanol–water partition coefficient (Wildman–Crippen LogP) is 16.4. The van der Waals surface area contributed by atoms with E-state index in [4.69, 9.17) is 19.4 Å². The van der Waals surface area contributed by atoms with Gasteiger partial charge >= 0.3 is 0 Å². The van der Waals surface area contributed by atoms with Gasteiger partial charge in [-0.2, -0.15) is 9.97 Å². The molecule has 0 spiro atoms. The van der Waals surface area contributed by atoms with Gasteiger partial charge in [-0.15, -0.1) is 0 Å². The summed E-state index contributed by atoms with van der Waals surface area (Å²) in [6.45, 7) is 0. The Morgan fingerprint density at radius 3 is 1.57 bits per heavy atom. The van der Waals surface area contributed by atoms with Gasteiger partial charge in [0.15, 0.2) is 11.6 Å². The third kappa shape index (κ3) is 5.63. The Bertz CT molecular complexity index is 4580. The summed E-state index contributed by atoms with van der Waals surface area (Å²) in [5.74, 6) is 1.65. The van der Waals surface area contributed by atoms with Crippen LogP contribution < -0.4 is 0 Å². The average molecular weight is 880 g/mol. The van der Waals surface area contributed by atoms with Gasteiger partial charge in [0, 0.05) is 43.6 Å². The highest BCUT2D eigenvalue weighted by Gasteiger charge is 2.23. The molecule has 0 amide bonds. The van der Waals surface area contributed by atoms with Gasteiger partial charge in [-0.05, 0) is 98.0 Å². The lowest BCUT2D eigenvalue weighted by molar-refractivity contribution is 0.669. The van der Waals surface area contributed by atoms with Gasteiger partial charge < -0.3 is 8.98 Å². The molecule has 6 nitrogen and oxygen atoms in total. The number of hydrogen-bond acceptors (Lipinski definition) is 4. The largest absolute Gasteiger partial charge is 0.455 e. The van der Waals surface area contributed by atoms with Crippen molar-refractivity contribution >= 4 is 97.9 Å². The van der Waals surface area contributed by atoms with Crippen molar-refractivity contribution in [3.05, 3.63) is 224 Å². The van der Waals surface area contributed by atoms with Crippen LogP contribution in [0.5, 0.6) is 0 Å². The topological polar surface area (TPSA) is 61.7 Å². The van der Waals surface area contributed by atoms with Crippen LogP contribution in [-0.2, 0) is 0 Å². The van der Waals surface area contributed by atoms with Gasteiger partial charge in [0.05, 0.1) is 27.6 Å². The number of furan rings is 1. The van der Waals surface area contributed by atoms with Crippen molar-refractivity contribution < 1.29 is 4.42 Å². The normalized spacial score (nSPS) is 12.1. The van der Waals surface area contributed by atoms with E-state index >= 15 is 0 Å². The van der Waals surface area contributed by atoms with Crippen LogP contribution >= 0.6 is 0 Å². The van der Waals surface area contributed by atoms with Gasteiger partial charge in [0.2, 0.25) is 5.95 Å². The zero-order chi connectivity index (χ0) is 45.2. The fourth-order valence-corrected chi connectivity index (χ4v) is 11.1. The second-order valence-corrected chi connectivity index (χ2v) is 17.9.